The first-order valence-electron chi connectivity index (χ1n) is 10.9. The van der Waals surface area contributed by atoms with Crippen LogP contribution in [0.5, 0.6) is 11.5 Å². The summed E-state index contributed by atoms with van der Waals surface area (Å²) in [6.45, 7) is 3.84. The average molecular weight is 478 g/mol. The van der Waals surface area contributed by atoms with Crippen LogP contribution in [-0.2, 0) is 16.6 Å². The second-order valence-corrected chi connectivity index (χ2v) is 9.45. The second kappa shape index (κ2) is 8.83. The number of amidine groups is 1. The average Bonchev–Trinajstić information content (AvgIpc) is 3.12. The molecule has 2 aliphatic rings. The third-order valence-corrected chi connectivity index (χ3v) is 7.04. The summed E-state index contributed by atoms with van der Waals surface area (Å²) < 4.78 is 39.8. The minimum absolute atomic E-state index is 0.116. The smallest absolute Gasteiger partial charge is 0.285 e. The zero-order valence-electron chi connectivity index (χ0n) is 18.5. The Morgan fingerprint density at radius 3 is 2.56 bits per heavy atom. The molecule has 3 aromatic rings. The van der Waals surface area contributed by atoms with E-state index in [0.717, 1.165) is 5.56 Å². The Hall–Kier alpha value is -3.85. The molecule has 0 saturated heterocycles. The van der Waals surface area contributed by atoms with Gasteiger partial charge in [0.05, 0.1) is 0 Å². The summed E-state index contributed by atoms with van der Waals surface area (Å²) in [5.74, 6) is 1.53. The van der Waals surface area contributed by atoms with Crippen LogP contribution in [0.4, 0.5) is 5.69 Å². The number of anilines is 1. The summed E-state index contributed by atoms with van der Waals surface area (Å²) in [4.78, 5) is 15.1. The summed E-state index contributed by atoms with van der Waals surface area (Å²) in [5, 5.41) is 3.05. The fourth-order valence-electron chi connectivity index (χ4n) is 4.00. The van der Waals surface area contributed by atoms with Crippen molar-refractivity contribution in [3.8, 4) is 11.5 Å². The van der Waals surface area contributed by atoms with Gasteiger partial charge in [-0.15, -0.1) is 4.40 Å². The van der Waals surface area contributed by atoms with Gasteiger partial charge < -0.3 is 19.7 Å². The highest BCUT2D eigenvalue weighted by molar-refractivity contribution is 7.90. The van der Waals surface area contributed by atoms with E-state index < -0.39 is 10.0 Å². The molecule has 0 aromatic heterocycles. The number of carbonyl (C=O) groups excluding carboxylic acids is 1. The summed E-state index contributed by atoms with van der Waals surface area (Å²) in [7, 11) is -3.70. The van der Waals surface area contributed by atoms with E-state index in [1.54, 1.807) is 47.4 Å². The number of amides is 1. The molecule has 0 aliphatic carbocycles. The first-order valence-corrected chi connectivity index (χ1v) is 12.4. The van der Waals surface area contributed by atoms with E-state index in [9.17, 15) is 13.2 Å². The van der Waals surface area contributed by atoms with Crippen molar-refractivity contribution in [3.63, 3.8) is 0 Å². The van der Waals surface area contributed by atoms with Crippen LogP contribution in [0, 0.1) is 0 Å². The SMILES string of the molecule is CCN(Cc1cccc2c1OCCO2)C(=O)c1ccc(NC2=NS(=O)(=O)c3ccccc32)cc1. The van der Waals surface area contributed by atoms with Crippen molar-refractivity contribution in [2.45, 2.75) is 18.4 Å². The quantitative estimate of drug-likeness (QED) is 0.602. The molecule has 0 atom stereocenters. The molecule has 0 fully saturated rings. The third kappa shape index (κ3) is 4.10. The predicted octanol–water partition coefficient (Wildman–Crippen LogP) is 3.68. The number of nitrogens with zero attached hydrogens (tertiary/aromatic N) is 2. The maximum Gasteiger partial charge on any atom is 0.285 e. The van der Waals surface area contributed by atoms with Gasteiger partial charge in [-0.1, -0.05) is 24.3 Å². The number of hydrogen-bond donors (Lipinski definition) is 1. The van der Waals surface area contributed by atoms with Gasteiger partial charge in [0.2, 0.25) is 0 Å². The molecule has 8 nitrogen and oxygen atoms in total. The Kier molecular flexibility index (Phi) is 5.70. The van der Waals surface area contributed by atoms with Crippen molar-refractivity contribution in [1.29, 1.82) is 0 Å². The van der Waals surface area contributed by atoms with Gasteiger partial charge in [-0.05, 0) is 49.4 Å². The predicted molar refractivity (Wildman–Crippen MR) is 128 cm³/mol. The lowest BCUT2D eigenvalue weighted by atomic mass is 10.1. The van der Waals surface area contributed by atoms with Crippen molar-refractivity contribution in [1.82, 2.24) is 4.90 Å². The Morgan fingerprint density at radius 2 is 1.76 bits per heavy atom. The molecule has 2 heterocycles. The summed E-state index contributed by atoms with van der Waals surface area (Å²) in [6, 6.07) is 19.3. The molecule has 5 rings (SSSR count). The van der Waals surface area contributed by atoms with Crippen LogP contribution >= 0.6 is 0 Å². The van der Waals surface area contributed by atoms with Crippen molar-refractivity contribution >= 4 is 27.5 Å². The molecule has 0 unspecified atom stereocenters. The molecule has 1 amide bonds. The van der Waals surface area contributed by atoms with Gasteiger partial charge >= 0.3 is 0 Å². The first-order chi connectivity index (χ1) is 16.5. The number of benzene rings is 3. The Morgan fingerprint density at radius 1 is 1.00 bits per heavy atom. The maximum atomic E-state index is 13.2. The van der Waals surface area contributed by atoms with Crippen LogP contribution in [0.3, 0.4) is 0 Å². The van der Waals surface area contributed by atoms with E-state index in [0.29, 0.717) is 54.6 Å². The third-order valence-electron chi connectivity index (χ3n) is 5.70. The van der Waals surface area contributed by atoms with Crippen LogP contribution < -0.4 is 14.8 Å². The highest BCUT2D eigenvalue weighted by atomic mass is 32.2. The standard InChI is InChI=1S/C25H23N3O5S/c1-2-28(16-18-6-5-8-21-23(18)33-15-14-32-21)25(29)17-10-12-19(13-11-17)26-24-20-7-3-4-9-22(20)34(30,31)27-24/h3-13H,2,14-16H2,1H3,(H,26,27). The highest BCUT2D eigenvalue weighted by Gasteiger charge is 2.28. The number of carbonyl (C=O) groups is 1. The van der Waals surface area contributed by atoms with Gasteiger partial charge in [-0.25, -0.2) is 0 Å². The van der Waals surface area contributed by atoms with E-state index in [1.165, 1.54) is 6.07 Å². The normalized spacial score (nSPS) is 15.3. The van der Waals surface area contributed by atoms with Crippen molar-refractivity contribution in [2.24, 2.45) is 4.40 Å². The van der Waals surface area contributed by atoms with Crippen LogP contribution in [0.25, 0.3) is 0 Å². The molecule has 0 saturated carbocycles. The molecule has 3 aromatic carbocycles. The number of nitrogens with one attached hydrogen (secondary N) is 1. The molecular weight excluding hydrogens is 454 g/mol. The minimum atomic E-state index is -3.70. The summed E-state index contributed by atoms with van der Waals surface area (Å²) in [6.07, 6.45) is 0. The van der Waals surface area contributed by atoms with Crippen LogP contribution in [0.1, 0.15) is 28.4 Å². The summed E-state index contributed by atoms with van der Waals surface area (Å²) >= 11 is 0. The Bertz CT molecular complexity index is 1380. The van der Waals surface area contributed by atoms with Gasteiger partial charge in [0.15, 0.2) is 17.3 Å². The lowest BCUT2D eigenvalue weighted by Gasteiger charge is -2.25. The van der Waals surface area contributed by atoms with Crippen molar-refractivity contribution in [2.75, 3.05) is 25.1 Å². The Labute approximate surface area is 197 Å². The fourth-order valence-corrected chi connectivity index (χ4v) is 5.18. The molecular formula is C25H23N3O5S. The zero-order valence-corrected chi connectivity index (χ0v) is 19.3. The van der Waals surface area contributed by atoms with Crippen molar-refractivity contribution < 1.29 is 22.7 Å². The molecule has 2 aliphatic heterocycles. The molecule has 0 spiro atoms. The summed E-state index contributed by atoms with van der Waals surface area (Å²) in [5.41, 5.74) is 2.57. The van der Waals surface area contributed by atoms with Gasteiger partial charge in [-0.2, -0.15) is 8.42 Å². The van der Waals surface area contributed by atoms with Gasteiger partial charge in [0.25, 0.3) is 15.9 Å². The minimum Gasteiger partial charge on any atom is -0.486 e. The lowest BCUT2D eigenvalue weighted by Crippen LogP contribution is -2.31. The van der Waals surface area contributed by atoms with Crippen molar-refractivity contribution in [3.05, 3.63) is 83.4 Å². The molecule has 1 N–H and O–H groups in total. The number of para-hydroxylation sites is 1. The van der Waals surface area contributed by atoms with Gasteiger partial charge in [-0.3, -0.25) is 4.79 Å². The maximum absolute atomic E-state index is 13.2. The van der Waals surface area contributed by atoms with E-state index >= 15 is 0 Å². The highest BCUT2D eigenvalue weighted by Crippen LogP contribution is 2.34. The van der Waals surface area contributed by atoms with Gasteiger partial charge in [0, 0.05) is 35.5 Å². The lowest BCUT2D eigenvalue weighted by molar-refractivity contribution is 0.0749. The molecule has 9 heteroatoms. The number of ether oxygens (including phenoxy) is 2. The van der Waals surface area contributed by atoms with Gasteiger partial charge in [0.1, 0.15) is 18.1 Å². The van der Waals surface area contributed by atoms with E-state index in [4.69, 9.17) is 9.47 Å². The molecule has 0 radical (unpaired) electrons. The second-order valence-electron chi connectivity index (χ2n) is 7.87. The molecule has 174 valence electrons. The topological polar surface area (TPSA) is 97.3 Å². The fraction of sp³-hybridized carbons (Fsp3) is 0.200. The van der Waals surface area contributed by atoms with Crippen LogP contribution in [0.2, 0.25) is 0 Å². The number of fused-ring (bicyclic) bond motifs is 2. The first kappa shape index (κ1) is 22.0. The number of hydrogen-bond acceptors (Lipinski definition) is 6. The largest absolute Gasteiger partial charge is 0.486 e. The Balaban J connectivity index is 1.32. The van der Waals surface area contributed by atoms with E-state index in [1.807, 2.05) is 25.1 Å². The van der Waals surface area contributed by atoms with E-state index in [2.05, 4.69) is 9.71 Å². The van der Waals surface area contributed by atoms with Crippen LogP contribution in [-0.4, -0.2) is 44.8 Å². The van der Waals surface area contributed by atoms with E-state index in [-0.39, 0.29) is 16.6 Å². The monoisotopic (exact) mass is 477 g/mol. The molecule has 34 heavy (non-hydrogen) atoms. The number of sulfonamides is 1. The van der Waals surface area contributed by atoms with Crippen LogP contribution in [0.15, 0.2) is 76.0 Å². The zero-order chi connectivity index (χ0) is 23.7. The number of rotatable bonds is 5. The molecule has 0 bridgehead atoms.